The molecule has 1 fully saturated rings. The molecule has 0 bridgehead atoms. The summed E-state index contributed by atoms with van der Waals surface area (Å²) >= 11 is 0. The molecule has 104 valence electrons. The molecule has 1 aliphatic carbocycles. The van der Waals surface area contributed by atoms with E-state index in [0.29, 0.717) is 13.2 Å². The second kappa shape index (κ2) is 5.70. The molecule has 19 heavy (non-hydrogen) atoms. The van der Waals surface area contributed by atoms with Crippen LogP contribution < -0.4 is 14.8 Å². The van der Waals surface area contributed by atoms with Gasteiger partial charge < -0.3 is 19.9 Å². The molecule has 3 rings (SSSR count). The van der Waals surface area contributed by atoms with Gasteiger partial charge in [0.1, 0.15) is 0 Å². The maximum atomic E-state index is 10.00. The second-order valence-corrected chi connectivity index (χ2v) is 5.31. The average molecular weight is 263 g/mol. The van der Waals surface area contributed by atoms with Gasteiger partial charge in [0.2, 0.25) is 0 Å². The van der Waals surface area contributed by atoms with Gasteiger partial charge in [-0.2, -0.15) is 0 Å². The zero-order chi connectivity index (χ0) is 13.1. The fraction of sp³-hybridized carbons (Fsp3) is 0.600. The first-order valence-electron chi connectivity index (χ1n) is 7.17. The van der Waals surface area contributed by atoms with Gasteiger partial charge in [0.25, 0.3) is 0 Å². The number of anilines is 1. The quantitative estimate of drug-likeness (QED) is 0.861. The van der Waals surface area contributed by atoms with E-state index in [1.165, 1.54) is 6.42 Å². The van der Waals surface area contributed by atoms with Crippen molar-refractivity contribution in [1.82, 2.24) is 0 Å². The summed E-state index contributed by atoms with van der Waals surface area (Å²) < 4.78 is 11.3. The molecule has 1 saturated carbocycles. The molecule has 0 amide bonds. The third kappa shape index (κ3) is 2.95. The Balaban J connectivity index is 1.72. The Morgan fingerprint density at radius 1 is 1.00 bits per heavy atom. The van der Waals surface area contributed by atoms with E-state index < -0.39 is 0 Å². The summed E-state index contributed by atoms with van der Waals surface area (Å²) in [5.74, 6) is 1.61. The topological polar surface area (TPSA) is 50.7 Å². The van der Waals surface area contributed by atoms with Crippen molar-refractivity contribution in [1.29, 1.82) is 0 Å². The van der Waals surface area contributed by atoms with Gasteiger partial charge in [-0.3, -0.25) is 0 Å². The fourth-order valence-electron chi connectivity index (χ4n) is 2.75. The van der Waals surface area contributed by atoms with Crippen LogP contribution in [0.15, 0.2) is 18.2 Å². The highest BCUT2D eigenvalue weighted by Crippen LogP contribution is 2.33. The maximum Gasteiger partial charge on any atom is 0.163 e. The predicted molar refractivity (Wildman–Crippen MR) is 73.9 cm³/mol. The number of aliphatic hydroxyl groups is 1. The Hall–Kier alpha value is -1.42. The van der Waals surface area contributed by atoms with Crippen LogP contribution in [0.3, 0.4) is 0 Å². The number of rotatable bonds is 2. The van der Waals surface area contributed by atoms with E-state index >= 15 is 0 Å². The van der Waals surface area contributed by atoms with Crippen LogP contribution in [-0.2, 0) is 0 Å². The zero-order valence-electron chi connectivity index (χ0n) is 11.1. The third-order valence-electron chi connectivity index (χ3n) is 3.83. The van der Waals surface area contributed by atoms with Gasteiger partial charge in [-0.15, -0.1) is 0 Å². The minimum Gasteiger partial charge on any atom is -0.490 e. The van der Waals surface area contributed by atoms with Gasteiger partial charge in [-0.25, -0.2) is 0 Å². The van der Waals surface area contributed by atoms with E-state index in [-0.39, 0.29) is 12.1 Å². The standard InChI is InChI=1S/C15H21NO3/c17-13-5-2-1-4-12(13)16-11-6-7-14-15(10-11)19-9-3-8-18-14/h6-7,10,12-13,16-17H,1-5,8-9H2/t12-,13-/m1/s1. The van der Waals surface area contributed by atoms with Gasteiger partial charge >= 0.3 is 0 Å². The highest BCUT2D eigenvalue weighted by atomic mass is 16.5. The van der Waals surface area contributed by atoms with Crippen molar-refractivity contribution in [3.8, 4) is 11.5 Å². The molecule has 1 aliphatic heterocycles. The number of aliphatic hydroxyl groups excluding tert-OH is 1. The molecule has 2 aliphatic rings. The van der Waals surface area contributed by atoms with Gasteiger partial charge in [-0.1, -0.05) is 12.8 Å². The lowest BCUT2D eigenvalue weighted by atomic mass is 9.92. The van der Waals surface area contributed by atoms with Gasteiger partial charge in [0.15, 0.2) is 11.5 Å². The molecule has 4 heteroatoms. The van der Waals surface area contributed by atoms with Crippen LogP contribution in [0.1, 0.15) is 32.1 Å². The lowest BCUT2D eigenvalue weighted by molar-refractivity contribution is 0.116. The van der Waals surface area contributed by atoms with E-state index in [9.17, 15) is 5.11 Å². The van der Waals surface area contributed by atoms with E-state index in [0.717, 1.165) is 42.9 Å². The van der Waals surface area contributed by atoms with E-state index in [1.807, 2.05) is 18.2 Å². The number of ether oxygens (including phenoxy) is 2. The molecule has 1 aromatic carbocycles. The average Bonchev–Trinajstić information content (AvgIpc) is 2.66. The van der Waals surface area contributed by atoms with Gasteiger partial charge in [0, 0.05) is 18.2 Å². The monoisotopic (exact) mass is 263 g/mol. The molecule has 4 nitrogen and oxygen atoms in total. The van der Waals surface area contributed by atoms with Crippen molar-refractivity contribution < 1.29 is 14.6 Å². The Morgan fingerprint density at radius 3 is 2.63 bits per heavy atom. The zero-order valence-corrected chi connectivity index (χ0v) is 11.1. The molecule has 2 atom stereocenters. The van der Waals surface area contributed by atoms with Crippen LogP contribution in [0.5, 0.6) is 11.5 Å². The van der Waals surface area contributed by atoms with E-state index in [4.69, 9.17) is 9.47 Å². The van der Waals surface area contributed by atoms with Crippen LogP contribution in [0, 0.1) is 0 Å². The van der Waals surface area contributed by atoms with Crippen molar-refractivity contribution in [2.24, 2.45) is 0 Å². The third-order valence-corrected chi connectivity index (χ3v) is 3.83. The van der Waals surface area contributed by atoms with Crippen LogP contribution in [0.4, 0.5) is 5.69 Å². The molecule has 1 aromatic rings. The van der Waals surface area contributed by atoms with Crippen molar-refractivity contribution in [2.45, 2.75) is 44.2 Å². The minimum atomic E-state index is -0.246. The summed E-state index contributed by atoms with van der Waals surface area (Å²) in [5, 5.41) is 13.4. The number of hydrogen-bond acceptors (Lipinski definition) is 4. The first-order valence-corrected chi connectivity index (χ1v) is 7.17. The second-order valence-electron chi connectivity index (χ2n) is 5.31. The smallest absolute Gasteiger partial charge is 0.163 e. The summed E-state index contributed by atoms with van der Waals surface area (Å²) in [6.07, 6.45) is 4.89. The summed E-state index contributed by atoms with van der Waals surface area (Å²) in [5.41, 5.74) is 0.996. The fourth-order valence-corrected chi connectivity index (χ4v) is 2.75. The van der Waals surface area contributed by atoms with Crippen molar-refractivity contribution >= 4 is 5.69 Å². The first-order chi connectivity index (χ1) is 9.33. The van der Waals surface area contributed by atoms with Gasteiger partial charge in [0.05, 0.1) is 25.4 Å². The van der Waals surface area contributed by atoms with E-state index in [1.54, 1.807) is 0 Å². The van der Waals surface area contributed by atoms with Crippen LogP contribution >= 0.6 is 0 Å². The Labute approximate surface area is 113 Å². The molecule has 0 spiro atoms. The van der Waals surface area contributed by atoms with Crippen molar-refractivity contribution in [3.05, 3.63) is 18.2 Å². The summed E-state index contributed by atoms with van der Waals surface area (Å²) in [4.78, 5) is 0. The minimum absolute atomic E-state index is 0.151. The lowest BCUT2D eigenvalue weighted by Gasteiger charge is -2.29. The van der Waals surface area contributed by atoms with E-state index in [2.05, 4.69) is 5.32 Å². The molecular weight excluding hydrogens is 242 g/mol. The molecule has 0 radical (unpaired) electrons. The van der Waals surface area contributed by atoms with Crippen LogP contribution in [-0.4, -0.2) is 30.5 Å². The molecule has 2 N–H and O–H groups in total. The summed E-state index contributed by atoms with van der Waals surface area (Å²) in [6.45, 7) is 1.41. The van der Waals surface area contributed by atoms with Crippen LogP contribution in [0.25, 0.3) is 0 Å². The summed E-state index contributed by atoms with van der Waals surface area (Å²) in [6, 6.07) is 6.06. The Bertz CT molecular complexity index is 435. The number of hydrogen-bond donors (Lipinski definition) is 2. The highest BCUT2D eigenvalue weighted by Gasteiger charge is 2.23. The van der Waals surface area contributed by atoms with Crippen molar-refractivity contribution in [3.63, 3.8) is 0 Å². The molecule has 0 aromatic heterocycles. The molecule has 0 unspecified atom stereocenters. The Kier molecular flexibility index (Phi) is 3.78. The normalized spacial score (nSPS) is 26.6. The largest absolute Gasteiger partial charge is 0.490 e. The van der Waals surface area contributed by atoms with Crippen molar-refractivity contribution in [2.75, 3.05) is 18.5 Å². The predicted octanol–water partition coefficient (Wildman–Crippen LogP) is 2.56. The number of benzene rings is 1. The SMILES string of the molecule is O[C@@H]1CCCC[C@H]1Nc1ccc2c(c1)OCCCO2. The molecular formula is C15H21NO3. The van der Waals surface area contributed by atoms with Crippen LogP contribution in [0.2, 0.25) is 0 Å². The highest BCUT2D eigenvalue weighted by molar-refractivity contribution is 5.55. The van der Waals surface area contributed by atoms with Gasteiger partial charge in [-0.05, 0) is 25.0 Å². The number of nitrogens with one attached hydrogen (secondary N) is 1. The summed E-state index contributed by atoms with van der Waals surface area (Å²) in [7, 11) is 0. The molecule has 1 heterocycles. The maximum absolute atomic E-state index is 10.00. The number of fused-ring (bicyclic) bond motifs is 1. The Morgan fingerprint density at radius 2 is 1.79 bits per heavy atom. The molecule has 0 saturated heterocycles. The first kappa shape index (κ1) is 12.6. The lowest BCUT2D eigenvalue weighted by Crippen LogP contribution is -2.36.